The van der Waals surface area contributed by atoms with Crippen molar-refractivity contribution in [3.63, 3.8) is 0 Å². The largest absolute Gasteiger partial charge is 0.389 e. The first-order valence-electron chi connectivity index (χ1n) is 5.59. The van der Waals surface area contributed by atoms with Crippen molar-refractivity contribution < 1.29 is 13.5 Å². The molecule has 88 valence electrons. The summed E-state index contributed by atoms with van der Waals surface area (Å²) in [5.74, 6) is 0.658. The molecule has 1 heterocycles. The van der Waals surface area contributed by atoms with Gasteiger partial charge in [0.05, 0.1) is 11.4 Å². The van der Waals surface area contributed by atoms with Crippen molar-refractivity contribution in [3.05, 3.63) is 0 Å². The van der Waals surface area contributed by atoms with Crippen LogP contribution in [0.5, 0.6) is 0 Å². The molecule has 0 aromatic rings. The number of β-amino-alcohol motifs (C(OH)–C–C–N with tert-alkyl or cyclic N) is 1. The first-order valence-corrected chi connectivity index (χ1v) is 7.20. The van der Waals surface area contributed by atoms with Crippen molar-refractivity contribution >= 4 is 10.0 Å². The van der Waals surface area contributed by atoms with Crippen LogP contribution >= 0.6 is 0 Å². The lowest BCUT2D eigenvalue weighted by atomic mass is 9.97. The molecule has 0 amide bonds. The Morgan fingerprint density at radius 1 is 1.47 bits per heavy atom. The summed E-state index contributed by atoms with van der Waals surface area (Å²) in [5.41, 5.74) is -0.838. The van der Waals surface area contributed by atoms with Gasteiger partial charge in [0.15, 0.2) is 0 Å². The van der Waals surface area contributed by atoms with Crippen molar-refractivity contribution in [2.75, 3.05) is 18.8 Å². The predicted molar refractivity (Wildman–Crippen MR) is 57.9 cm³/mol. The second-order valence-corrected chi connectivity index (χ2v) is 7.17. The lowest BCUT2D eigenvalue weighted by Crippen LogP contribution is -2.49. The summed E-state index contributed by atoms with van der Waals surface area (Å²) in [4.78, 5) is 0. The van der Waals surface area contributed by atoms with Gasteiger partial charge in [-0.25, -0.2) is 8.42 Å². The third-order valence-electron chi connectivity index (χ3n) is 3.18. The van der Waals surface area contributed by atoms with Crippen molar-refractivity contribution in [3.8, 4) is 0 Å². The summed E-state index contributed by atoms with van der Waals surface area (Å²) in [6, 6.07) is 0. The van der Waals surface area contributed by atoms with Crippen LogP contribution < -0.4 is 0 Å². The van der Waals surface area contributed by atoms with E-state index in [9.17, 15) is 13.5 Å². The molecule has 2 aliphatic rings. The predicted octanol–water partition coefficient (Wildman–Crippen LogP) is 0.573. The number of sulfonamides is 1. The van der Waals surface area contributed by atoms with E-state index in [2.05, 4.69) is 0 Å². The van der Waals surface area contributed by atoms with E-state index in [4.69, 9.17) is 0 Å². The fraction of sp³-hybridized carbons (Fsp3) is 1.00. The summed E-state index contributed by atoms with van der Waals surface area (Å²) in [7, 11) is -3.12. The molecule has 0 radical (unpaired) electrons. The standard InChI is InChI=1S/C10H19NO3S/c1-10(12)5-2-6-11(8-10)15(13,14)7-9-3-4-9/h9,12H,2-8H2,1H3. The van der Waals surface area contributed by atoms with E-state index in [1.807, 2.05) is 0 Å². The topological polar surface area (TPSA) is 57.6 Å². The average Bonchev–Trinajstić information content (AvgIpc) is 2.85. The van der Waals surface area contributed by atoms with Gasteiger partial charge in [0, 0.05) is 13.1 Å². The number of aliphatic hydroxyl groups is 1. The maximum Gasteiger partial charge on any atom is 0.214 e. The molecule has 1 aliphatic heterocycles. The highest BCUT2D eigenvalue weighted by Gasteiger charge is 2.37. The van der Waals surface area contributed by atoms with E-state index in [1.165, 1.54) is 4.31 Å². The second kappa shape index (κ2) is 3.71. The number of piperidine rings is 1. The third kappa shape index (κ3) is 2.92. The molecule has 2 rings (SSSR count). The van der Waals surface area contributed by atoms with Gasteiger partial charge in [0.25, 0.3) is 0 Å². The molecule has 1 atom stereocenters. The van der Waals surface area contributed by atoms with Crippen LogP contribution in [0.15, 0.2) is 0 Å². The van der Waals surface area contributed by atoms with Gasteiger partial charge in [-0.05, 0) is 38.5 Å². The smallest absolute Gasteiger partial charge is 0.214 e. The van der Waals surface area contributed by atoms with Crippen LogP contribution in [0, 0.1) is 5.92 Å². The third-order valence-corrected chi connectivity index (χ3v) is 5.17. The minimum Gasteiger partial charge on any atom is -0.389 e. The van der Waals surface area contributed by atoms with Gasteiger partial charge < -0.3 is 5.11 Å². The van der Waals surface area contributed by atoms with E-state index in [0.717, 1.165) is 19.3 Å². The van der Waals surface area contributed by atoms with Crippen LogP contribution in [0.25, 0.3) is 0 Å². The van der Waals surface area contributed by atoms with Crippen LogP contribution in [-0.4, -0.2) is 42.3 Å². The Balaban J connectivity index is 2.02. The highest BCUT2D eigenvalue weighted by Crippen LogP contribution is 2.32. The summed E-state index contributed by atoms with van der Waals surface area (Å²) >= 11 is 0. The number of nitrogens with zero attached hydrogens (tertiary/aromatic N) is 1. The molecule has 15 heavy (non-hydrogen) atoms. The van der Waals surface area contributed by atoms with Gasteiger partial charge >= 0.3 is 0 Å². The number of hydrogen-bond donors (Lipinski definition) is 1. The van der Waals surface area contributed by atoms with E-state index in [-0.39, 0.29) is 12.3 Å². The van der Waals surface area contributed by atoms with Crippen LogP contribution in [0.4, 0.5) is 0 Å². The van der Waals surface area contributed by atoms with Crippen LogP contribution in [-0.2, 0) is 10.0 Å². The van der Waals surface area contributed by atoms with E-state index >= 15 is 0 Å². The minimum absolute atomic E-state index is 0.266. The SMILES string of the molecule is CC1(O)CCCN(S(=O)(=O)CC2CC2)C1. The highest BCUT2D eigenvalue weighted by atomic mass is 32.2. The summed E-state index contributed by atoms with van der Waals surface area (Å²) < 4.78 is 25.3. The number of hydrogen-bond acceptors (Lipinski definition) is 3. The Hall–Kier alpha value is -0.130. The molecule has 1 saturated heterocycles. The first-order chi connectivity index (χ1) is 6.89. The van der Waals surface area contributed by atoms with Gasteiger partial charge in [0.1, 0.15) is 0 Å². The van der Waals surface area contributed by atoms with Crippen molar-refractivity contribution in [1.29, 1.82) is 0 Å². The van der Waals surface area contributed by atoms with Crippen LogP contribution in [0.2, 0.25) is 0 Å². The molecule has 0 bridgehead atoms. The molecule has 2 fully saturated rings. The van der Waals surface area contributed by atoms with Crippen molar-refractivity contribution in [2.24, 2.45) is 5.92 Å². The lowest BCUT2D eigenvalue weighted by molar-refractivity contribution is 0.00938. The molecule has 1 aliphatic carbocycles. The van der Waals surface area contributed by atoms with E-state index in [0.29, 0.717) is 18.9 Å². The Morgan fingerprint density at radius 3 is 2.67 bits per heavy atom. The summed E-state index contributed by atoms with van der Waals surface area (Å²) in [6.07, 6.45) is 3.55. The van der Waals surface area contributed by atoms with Crippen LogP contribution in [0.1, 0.15) is 32.6 Å². The molecule has 4 nitrogen and oxygen atoms in total. The molecule has 0 aromatic heterocycles. The van der Waals surface area contributed by atoms with E-state index in [1.54, 1.807) is 6.92 Å². The molecule has 0 spiro atoms. The minimum atomic E-state index is -3.12. The van der Waals surface area contributed by atoms with E-state index < -0.39 is 15.6 Å². The lowest BCUT2D eigenvalue weighted by Gasteiger charge is -2.36. The zero-order valence-electron chi connectivity index (χ0n) is 9.15. The van der Waals surface area contributed by atoms with Gasteiger partial charge in [-0.1, -0.05) is 0 Å². The molecular formula is C10H19NO3S. The van der Waals surface area contributed by atoms with Gasteiger partial charge in [0.2, 0.25) is 10.0 Å². The summed E-state index contributed by atoms with van der Waals surface area (Å²) in [5, 5.41) is 9.85. The zero-order valence-corrected chi connectivity index (χ0v) is 9.96. The zero-order chi connectivity index (χ0) is 11.1. The highest BCUT2D eigenvalue weighted by molar-refractivity contribution is 7.89. The quantitative estimate of drug-likeness (QED) is 0.775. The van der Waals surface area contributed by atoms with Crippen LogP contribution in [0.3, 0.4) is 0 Å². The summed E-state index contributed by atoms with van der Waals surface area (Å²) in [6.45, 7) is 2.55. The molecule has 1 unspecified atom stereocenters. The fourth-order valence-electron chi connectivity index (χ4n) is 2.10. The monoisotopic (exact) mass is 233 g/mol. The first kappa shape index (κ1) is 11.4. The Bertz CT molecular complexity index is 333. The number of rotatable bonds is 3. The molecule has 5 heteroatoms. The fourth-order valence-corrected chi connectivity index (χ4v) is 4.12. The Morgan fingerprint density at radius 2 is 2.13 bits per heavy atom. The van der Waals surface area contributed by atoms with Gasteiger partial charge in [-0.3, -0.25) is 0 Å². The maximum atomic E-state index is 11.9. The molecule has 0 aromatic carbocycles. The second-order valence-electron chi connectivity index (χ2n) is 5.16. The van der Waals surface area contributed by atoms with Crippen molar-refractivity contribution in [1.82, 2.24) is 4.31 Å². The van der Waals surface area contributed by atoms with Crippen molar-refractivity contribution in [2.45, 2.75) is 38.2 Å². The molecule has 1 N–H and O–H groups in total. The average molecular weight is 233 g/mol. The molecular weight excluding hydrogens is 214 g/mol. The van der Waals surface area contributed by atoms with Gasteiger partial charge in [-0.2, -0.15) is 4.31 Å². The normalized spacial score (nSPS) is 34.3. The van der Waals surface area contributed by atoms with Gasteiger partial charge in [-0.15, -0.1) is 0 Å². The maximum absolute atomic E-state index is 11.9. The Kier molecular flexibility index (Phi) is 2.81. The molecule has 1 saturated carbocycles. The Labute approximate surface area is 91.3 Å².